The molecule has 108 valence electrons. The van der Waals surface area contributed by atoms with Crippen molar-refractivity contribution in [2.24, 2.45) is 0 Å². The van der Waals surface area contributed by atoms with E-state index in [4.69, 9.17) is 18.9 Å². The first-order valence-corrected chi connectivity index (χ1v) is 7.75. The Hall–Kier alpha value is 0.150. The minimum absolute atomic E-state index is 0.673. The van der Waals surface area contributed by atoms with Crippen LogP contribution in [0.25, 0.3) is 0 Å². The van der Waals surface area contributed by atoms with E-state index < -0.39 is 0 Å². The molecule has 1 saturated heterocycles. The average Bonchev–Trinajstić information content (AvgIpc) is 2.39. The van der Waals surface area contributed by atoms with Gasteiger partial charge in [0.05, 0.1) is 52.9 Å². The van der Waals surface area contributed by atoms with Crippen molar-refractivity contribution in [2.45, 2.75) is 0 Å². The maximum atomic E-state index is 5.45. The predicted molar refractivity (Wildman–Crippen MR) is 73.5 cm³/mol. The van der Waals surface area contributed by atoms with E-state index in [1.54, 1.807) is 0 Å². The molecular weight excluding hydrogens is 254 g/mol. The van der Waals surface area contributed by atoms with Gasteiger partial charge in [0.2, 0.25) is 0 Å². The Bertz CT molecular complexity index is 99.1. The fraction of sp³-hybridized carbons (Fsp3) is 1.00. The van der Waals surface area contributed by atoms with Gasteiger partial charge in [0.15, 0.2) is 0 Å². The summed E-state index contributed by atoms with van der Waals surface area (Å²) in [5.41, 5.74) is 0. The Labute approximate surface area is 114 Å². The maximum Gasteiger partial charge on any atom is 0.0701 e. The molecule has 5 nitrogen and oxygen atoms in total. The van der Waals surface area contributed by atoms with Crippen LogP contribution in [0.2, 0.25) is 0 Å². The molecule has 0 aromatic carbocycles. The molecule has 0 aromatic rings. The van der Waals surface area contributed by atoms with Crippen LogP contribution >= 0.6 is 11.8 Å². The molecule has 1 rings (SSSR count). The first-order chi connectivity index (χ1) is 9.00. The fourth-order valence-electron chi connectivity index (χ4n) is 1.40. The number of thioether (sulfide) groups is 1. The minimum atomic E-state index is 0.673. The van der Waals surface area contributed by atoms with Crippen LogP contribution in [0.1, 0.15) is 0 Å². The van der Waals surface area contributed by atoms with Gasteiger partial charge in [0, 0.05) is 24.6 Å². The molecule has 6 heteroatoms. The van der Waals surface area contributed by atoms with Crippen molar-refractivity contribution < 1.29 is 18.9 Å². The van der Waals surface area contributed by atoms with E-state index >= 15 is 0 Å². The molecule has 0 unspecified atom stereocenters. The SMILES string of the molecule is C1COCCOCCSCCOCCOCCN1. The normalized spacial score (nSPS) is 24.0. The van der Waals surface area contributed by atoms with Gasteiger partial charge in [0.25, 0.3) is 0 Å². The van der Waals surface area contributed by atoms with E-state index in [9.17, 15) is 0 Å². The lowest BCUT2D eigenvalue weighted by Crippen LogP contribution is -2.25. The van der Waals surface area contributed by atoms with Gasteiger partial charge in [-0.15, -0.1) is 0 Å². The van der Waals surface area contributed by atoms with E-state index in [0.29, 0.717) is 26.4 Å². The van der Waals surface area contributed by atoms with Crippen LogP contribution in [0.15, 0.2) is 0 Å². The molecule has 0 atom stereocenters. The molecule has 0 saturated carbocycles. The Balaban J connectivity index is 2.00. The van der Waals surface area contributed by atoms with Crippen molar-refractivity contribution >= 4 is 11.8 Å². The molecule has 1 aliphatic heterocycles. The van der Waals surface area contributed by atoms with Crippen LogP contribution in [0.3, 0.4) is 0 Å². The second kappa shape index (κ2) is 13.6. The standard InChI is InChI=1S/C12H25NO4S/c1-3-14-5-7-16-9-11-18-12-10-17-8-6-15-4-2-13-1/h13H,1-12H2. The zero-order valence-corrected chi connectivity index (χ0v) is 11.8. The van der Waals surface area contributed by atoms with E-state index in [0.717, 1.165) is 51.0 Å². The number of hydrogen-bond donors (Lipinski definition) is 1. The van der Waals surface area contributed by atoms with Crippen LogP contribution in [0, 0.1) is 0 Å². The van der Waals surface area contributed by atoms with Crippen molar-refractivity contribution in [3.63, 3.8) is 0 Å². The molecule has 1 fully saturated rings. The minimum Gasteiger partial charge on any atom is -0.378 e. The van der Waals surface area contributed by atoms with Gasteiger partial charge >= 0.3 is 0 Å². The Morgan fingerprint density at radius 2 is 1.00 bits per heavy atom. The summed E-state index contributed by atoms with van der Waals surface area (Å²) in [7, 11) is 0. The maximum absolute atomic E-state index is 5.45. The zero-order valence-electron chi connectivity index (χ0n) is 11.0. The molecule has 0 amide bonds. The van der Waals surface area contributed by atoms with E-state index in [1.165, 1.54) is 0 Å². The van der Waals surface area contributed by atoms with Crippen molar-refractivity contribution in [2.75, 3.05) is 77.5 Å². The highest BCUT2D eigenvalue weighted by atomic mass is 32.2. The molecule has 1 N–H and O–H groups in total. The lowest BCUT2D eigenvalue weighted by atomic mass is 10.6. The highest BCUT2D eigenvalue weighted by Gasteiger charge is 1.95. The molecule has 0 spiro atoms. The van der Waals surface area contributed by atoms with E-state index in [1.807, 2.05) is 11.8 Å². The Kier molecular flexibility index (Phi) is 12.2. The molecular formula is C12H25NO4S. The fourth-order valence-corrected chi connectivity index (χ4v) is 2.07. The third-order valence-corrected chi connectivity index (χ3v) is 3.25. The third kappa shape index (κ3) is 11.3. The van der Waals surface area contributed by atoms with Gasteiger partial charge in [-0.2, -0.15) is 11.8 Å². The molecule has 0 radical (unpaired) electrons. The number of rotatable bonds is 0. The van der Waals surface area contributed by atoms with Crippen LogP contribution in [0.4, 0.5) is 0 Å². The molecule has 0 aromatic heterocycles. The van der Waals surface area contributed by atoms with Gasteiger partial charge in [-0.05, 0) is 0 Å². The molecule has 1 aliphatic rings. The summed E-state index contributed by atoms with van der Waals surface area (Å²) < 4.78 is 21.8. The van der Waals surface area contributed by atoms with Crippen LogP contribution in [0.5, 0.6) is 0 Å². The Morgan fingerprint density at radius 3 is 1.50 bits per heavy atom. The van der Waals surface area contributed by atoms with Gasteiger partial charge in [-0.3, -0.25) is 0 Å². The summed E-state index contributed by atoms with van der Waals surface area (Å²) in [5.74, 6) is 2.03. The molecule has 0 aliphatic carbocycles. The summed E-state index contributed by atoms with van der Waals surface area (Å²) in [6, 6.07) is 0. The number of nitrogens with one attached hydrogen (secondary N) is 1. The third-order valence-electron chi connectivity index (χ3n) is 2.33. The van der Waals surface area contributed by atoms with Gasteiger partial charge < -0.3 is 24.3 Å². The topological polar surface area (TPSA) is 49.0 Å². The first kappa shape index (κ1) is 16.2. The molecule has 1 heterocycles. The smallest absolute Gasteiger partial charge is 0.0701 e. The van der Waals surface area contributed by atoms with Gasteiger partial charge in [-0.25, -0.2) is 0 Å². The van der Waals surface area contributed by atoms with Crippen LogP contribution in [-0.4, -0.2) is 77.5 Å². The van der Waals surface area contributed by atoms with Gasteiger partial charge in [0.1, 0.15) is 0 Å². The van der Waals surface area contributed by atoms with Crippen molar-refractivity contribution in [1.82, 2.24) is 5.32 Å². The largest absolute Gasteiger partial charge is 0.378 e. The predicted octanol–water partition coefficient (Wildman–Crippen LogP) is 0.389. The van der Waals surface area contributed by atoms with Crippen LogP contribution in [-0.2, 0) is 18.9 Å². The number of ether oxygens (including phenoxy) is 4. The zero-order chi connectivity index (χ0) is 12.7. The first-order valence-electron chi connectivity index (χ1n) is 6.59. The van der Waals surface area contributed by atoms with Crippen molar-refractivity contribution in [1.29, 1.82) is 0 Å². The lowest BCUT2D eigenvalue weighted by Gasteiger charge is -2.09. The van der Waals surface area contributed by atoms with E-state index in [-0.39, 0.29) is 0 Å². The summed E-state index contributed by atoms with van der Waals surface area (Å²) in [4.78, 5) is 0. The molecule has 0 bridgehead atoms. The summed E-state index contributed by atoms with van der Waals surface area (Å²) in [6.07, 6.45) is 0. The van der Waals surface area contributed by atoms with E-state index in [2.05, 4.69) is 5.32 Å². The average molecular weight is 279 g/mol. The Morgan fingerprint density at radius 1 is 0.556 bits per heavy atom. The second-order valence-electron chi connectivity index (χ2n) is 3.81. The lowest BCUT2D eigenvalue weighted by molar-refractivity contribution is 0.0474. The quantitative estimate of drug-likeness (QED) is 0.692. The van der Waals surface area contributed by atoms with Crippen molar-refractivity contribution in [3.05, 3.63) is 0 Å². The number of hydrogen-bond acceptors (Lipinski definition) is 6. The highest BCUT2D eigenvalue weighted by Crippen LogP contribution is 1.99. The van der Waals surface area contributed by atoms with Gasteiger partial charge in [-0.1, -0.05) is 0 Å². The monoisotopic (exact) mass is 279 g/mol. The summed E-state index contributed by atoms with van der Waals surface area (Å²) in [5, 5.41) is 3.25. The highest BCUT2D eigenvalue weighted by molar-refractivity contribution is 7.99. The molecule has 18 heavy (non-hydrogen) atoms. The summed E-state index contributed by atoms with van der Waals surface area (Å²) in [6.45, 7) is 7.44. The van der Waals surface area contributed by atoms with Crippen molar-refractivity contribution in [3.8, 4) is 0 Å². The van der Waals surface area contributed by atoms with Crippen LogP contribution < -0.4 is 5.32 Å². The second-order valence-corrected chi connectivity index (χ2v) is 5.04. The summed E-state index contributed by atoms with van der Waals surface area (Å²) >= 11 is 1.85.